The van der Waals surface area contributed by atoms with Crippen molar-refractivity contribution in [3.63, 3.8) is 0 Å². The minimum atomic E-state index is 0. The quantitative estimate of drug-likeness (QED) is 0.438. The molecule has 1 N–H and O–H groups in total. The van der Waals surface area contributed by atoms with Crippen LogP contribution in [0, 0.1) is 5.41 Å². The van der Waals surface area contributed by atoms with Crippen LogP contribution in [0.15, 0.2) is 29.3 Å². The van der Waals surface area contributed by atoms with Crippen LogP contribution in [0.1, 0.15) is 38.2 Å². The van der Waals surface area contributed by atoms with Crippen LogP contribution in [-0.2, 0) is 6.54 Å². The zero-order valence-electron chi connectivity index (χ0n) is 15.2. The highest BCUT2D eigenvalue weighted by molar-refractivity contribution is 14.0. The van der Waals surface area contributed by atoms with Crippen molar-refractivity contribution < 1.29 is 0 Å². The zero-order chi connectivity index (χ0) is 16.3. The summed E-state index contributed by atoms with van der Waals surface area (Å²) in [6.45, 7) is 6.18. The minimum Gasteiger partial charge on any atom is -0.378 e. The van der Waals surface area contributed by atoms with Crippen LogP contribution in [0.5, 0.6) is 0 Å². The molecule has 2 aliphatic rings. The van der Waals surface area contributed by atoms with Crippen LogP contribution >= 0.6 is 24.0 Å². The molecular weight excluding hydrogens is 411 g/mol. The molecule has 1 aliphatic carbocycles. The highest BCUT2D eigenvalue weighted by atomic mass is 127. The van der Waals surface area contributed by atoms with Gasteiger partial charge in [0.1, 0.15) is 0 Å². The Morgan fingerprint density at radius 1 is 1.21 bits per heavy atom. The van der Waals surface area contributed by atoms with Gasteiger partial charge in [-0.25, -0.2) is 4.99 Å². The molecule has 134 valence electrons. The predicted octanol–water partition coefficient (Wildman–Crippen LogP) is 3.71. The summed E-state index contributed by atoms with van der Waals surface area (Å²) in [7, 11) is 4.14. The van der Waals surface area contributed by atoms with Gasteiger partial charge in [-0.15, -0.1) is 24.0 Å². The van der Waals surface area contributed by atoms with E-state index >= 15 is 0 Å². The zero-order valence-corrected chi connectivity index (χ0v) is 17.5. The lowest BCUT2D eigenvalue weighted by Gasteiger charge is -2.38. The first-order valence-electron chi connectivity index (χ1n) is 8.91. The second-order valence-corrected chi connectivity index (χ2v) is 7.26. The number of benzene rings is 1. The van der Waals surface area contributed by atoms with Gasteiger partial charge in [-0.3, -0.25) is 0 Å². The van der Waals surface area contributed by atoms with Crippen molar-refractivity contribution in [1.82, 2.24) is 10.2 Å². The van der Waals surface area contributed by atoms with Crippen LogP contribution in [-0.4, -0.2) is 44.6 Å². The third kappa shape index (κ3) is 4.35. The molecule has 0 bridgehead atoms. The van der Waals surface area contributed by atoms with Crippen molar-refractivity contribution in [3.05, 3.63) is 29.8 Å². The Kier molecular flexibility index (Phi) is 6.78. The lowest BCUT2D eigenvalue weighted by molar-refractivity contribution is 0.151. The standard InChI is InChI=1S/C19H30N4.HI/c1-4-20-18(23-13-12-19(15-23)10-5-11-19)21-14-16-6-8-17(9-7-16)22(2)3;/h6-9H,4-5,10-15H2,1-3H3,(H,20,21);1H. The number of hydrogen-bond donors (Lipinski definition) is 1. The second-order valence-electron chi connectivity index (χ2n) is 7.26. The van der Waals surface area contributed by atoms with Crippen molar-refractivity contribution >= 4 is 35.6 Å². The maximum atomic E-state index is 4.88. The first-order valence-corrected chi connectivity index (χ1v) is 8.91. The van der Waals surface area contributed by atoms with E-state index in [4.69, 9.17) is 4.99 Å². The van der Waals surface area contributed by atoms with Gasteiger partial charge in [-0.1, -0.05) is 18.6 Å². The fourth-order valence-electron chi connectivity index (χ4n) is 3.69. The highest BCUT2D eigenvalue weighted by Crippen LogP contribution is 2.47. The lowest BCUT2D eigenvalue weighted by Crippen LogP contribution is -2.42. The Labute approximate surface area is 163 Å². The molecule has 3 rings (SSSR count). The third-order valence-electron chi connectivity index (χ3n) is 5.35. The van der Waals surface area contributed by atoms with Gasteiger partial charge >= 0.3 is 0 Å². The first kappa shape index (κ1) is 19.3. The average molecular weight is 442 g/mol. The second kappa shape index (κ2) is 8.41. The monoisotopic (exact) mass is 442 g/mol. The average Bonchev–Trinajstić information content (AvgIpc) is 2.97. The maximum Gasteiger partial charge on any atom is 0.194 e. The van der Waals surface area contributed by atoms with E-state index in [1.807, 2.05) is 0 Å². The molecule has 0 amide bonds. The van der Waals surface area contributed by atoms with Gasteiger partial charge in [0.05, 0.1) is 6.54 Å². The fraction of sp³-hybridized carbons (Fsp3) is 0.632. The van der Waals surface area contributed by atoms with Crippen LogP contribution in [0.4, 0.5) is 5.69 Å². The van der Waals surface area contributed by atoms with E-state index < -0.39 is 0 Å². The van der Waals surface area contributed by atoms with Gasteiger partial charge < -0.3 is 15.1 Å². The number of halogens is 1. The molecule has 4 nitrogen and oxygen atoms in total. The summed E-state index contributed by atoms with van der Waals surface area (Å²) >= 11 is 0. The van der Waals surface area contributed by atoms with Crippen molar-refractivity contribution in [1.29, 1.82) is 0 Å². The number of guanidine groups is 1. The number of hydrogen-bond acceptors (Lipinski definition) is 2. The Bertz CT molecular complexity index is 549. The van der Waals surface area contributed by atoms with Crippen LogP contribution in [0.2, 0.25) is 0 Å². The van der Waals surface area contributed by atoms with E-state index in [2.05, 4.69) is 60.4 Å². The van der Waals surface area contributed by atoms with Crippen LogP contribution in [0.25, 0.3) is 0 Å². The molecule has 0 atom stereocenters. The molecule has 24 heavy (non-hydrogen) atoms. The summed E-state index contributed by atoms with van der Waals surface area (Å²) in [6.07, 6.45) is 5.58. The molecule has 1 saturated heterocycles. The van der Waals surface area contributed by atoms with Gasteiger partial charge in [-0.2, -0.15) is 0 Å². The van der Waals surface area contributed by atoms with E-state index in [1.54, 1.807) is 0 Å². The molecule has 1 heterocycles. The molecule has 1 aliphatic heterocycles. The molecule has 1 spiro atoms. The summed E-state index contributed by atoms with van der Waals surface area (Å²) < 4.78 is 0. The minimum absolute atomic E-state index is 0. The van der Waals surface area contributed by atoms with Gasteiger partial charge in [0.2, 0.25) is 0 Å². The van der Waals surface area contributed by atoms with Gasteiger partial charge in [0.25, 0.3) is 0 Å². The van der Waals surface area contributed by atoms with Crippen molar-refractivity contribution in [3.8, 4) is 0 Å². The number of likely N-dealkylation sites (tertiary alicyclic amines) is 1. The summed E-state index contributed by atoms with van der Waals surface area (Å²) in [4.78, 5) is 9.48. The van der Waals surface area contributed by atoms with Crippen molar-refractivity contribution in [2.45, 2.75) is 39.2 Å². The van der Waals surface area contributed by atoms with Crippen LogP contribution in [0.3, 0.4) is 0 Å². The van der Waals surface area contributed by atoms with Gasteiger partial charge in [0.15, 0.2) is 5.96 Å². The molecule has 0 aromatic heterocycles. The number of nitrogens with zero attached hydrogens (tertiary/aromatic N) is 3. The topological polar surface area (TPSA) is 30.9 Å². The molecule has 1 saturated carbocycles. The Hall–Kier alpha value is -0.980. The lowest BCUT2D eigenvalue weighted by atomic mass is 9.68. The van der Waals surface area contributed by atoms with Crippen molar-refractivity contribution in [2.75, 3.05) is 38.6 Å². The summed E-state index contributed by atoms with van der Waals surface area (Å²) in [5.41, 5.74) is 3.11. The number of aliphatic imine (C=N–C) groups is 1. The Morgan fingerprint density at radius 2 is 1.92 bits per heavy atom. The summed E-state index contributed by atoms with van der Waals surface area (Å²) in [6, 6.07) is 8.69. The largest absolute Gasteiger partial charge is 0.378 e. The smallest absolute Gasteiger partial charge is 0.194 e. The summed E-state index contributed by atoms with van der Waals surface area (Å²) in [5.74, 6) is 1.09. The Balaban J connectivity index is 0.00000208. The number of anilines is 1. The molecule has 2 fully saturated rings. The summed E-state index contributed by atoms with van der Waals surface area (Å²) in [5, 5.41) is 3.48. The molecule has 1 aromatic carbocycles. The maximum absolute atomic E-state index is 4.88. The van der Waals surface area contributed by atoms with Gasteiger partial charge in [0, 0.05) is 39.4 Å². The van der Waals surface area contributed by atoms with E-state index in [-0.39, 0.29) is 24.0 Å². The molecule has 0 radical (unpaired) electrons. The fourth-order valence-corrected chi connectivity index (χ4v) is 3.69. The number of nitrogens with one attached hydrogen (secondary N) is 1. The van der Waals surface area contributed by atoms with Crippen molar-refractivity contribution in [2.24, 2.45) is 10.4 Å². The van der Waals surface area contributed by atoms with E-state index in [0.717, 1.165) is 25.6 Å². The molecule has 0 unspecified atom stereocenters. The van der Waals surface area contributed by atoms with E-state index in [9.17, 15) is 0 Å². The van der Waals surface area contributed by atoms with E-state index in [0.29, 0.717) is 5.41 Å². The van der Waals surface area contributed by atoms with Gasteiger partial charge in [-0.05, 0) is 49.3 Å². The SMILES string of the molecule is CCNC(=NCc1ccc(N(C)C)cc1)N1CCC2(CCC2)C1.I. The number of rotatable bonds is 4. The third-order valence-corrected chi connectivity index (χ3v) is 5.35. The molecule has 1 aromatic rings. The molecule has 5 heteroatoms. The predicted molar refractivity (Wildman–Crippen MR) is 113 cm³/mol. The van der Waals surface area contributed by atoms with E-state index in [1.165, 1.54) is 43.5 Å². The first-order chi connectivity index (χ1) is 11.1. The highest BCUT2D eigenvalue weighted by Gasteiger charge is 2.43. The van der Waals surface area contributed by atoms with Crippen LogP contribution < -0.4 is 10.2 Å². The molecular formula is C19H31IN4. The normalized spacial score (nSPS) is 19.0. The Morgan fingerprint density at radius 3 is 2.42 bits per heavy atom.